The molecule has 2 saturated heterocycles. The van der Waals surface area contributed by atoms with Crippen LogP contribution in [0.4, 0.5) is 10.7 Å². The lowest BCUT2D eigenvalue weighted by molar-refractivity contribution is -0.115. The van der Waals surface area contributed by atoms with Gasteiger partial charge in [0, 0.05) is 25.3 Å². The van der Waals surface area contributed by atoms with Gasteiger partial charge in [-0.1, -0.05) is 0 Å². The van der Waals surface area contributed by atoms with E-state index in [0.29, 0.717) is 11.6 Å². The summed E-state index contributed by atoms with van der Waals surface area (Å²) < 4.78 is 0. The summed E-state index contributed by atoms with van der Waals surface area (Å²) >= 11 is 0. The predicted molar refractivity (Wildman–Crippen MR) is 76.1 cm³/mol. The maximum atomic E-state index is 11.5. The number of amides is 3. The maximum Gasteiger partial charge on any atom is 0.326 e. The third-order valence-electron chi connectivity index (χ3n) is 3.50. The fourth-order valence-electron chi connectivity index (χ4n) is 2.32. The molecule has 3 amide bonds. The molecule has 0 spiro atoms. The molecular weight excluding hydrogens is 272 g/mol. The average molecular weight is 288 g/mol. The lowest BCUT2D eigenvalue weighted by atomic mass is 10.1. The molecule has 0 radical (unpaired) electrons. The Kier molecular flexibility index (Phi) is 3.53. The largest absolute Gasteiger partial charge is 0.341 e. The molecule has 8 nitrogen and oxygen atoms in total. The van der Waals surface area contributed by atoms with Gasteiger partial charge in [-0.25, -0.2) is 14.8 Å². The summed E-state index contributed by atoms with van der Waals surface area (Å²) in [6, 6.07) is 1.40. The van der Waals surface area contributed by atoms with Crippen molar-refractivity contribution < 1.29 is 9.59 Å². The van der Waals surface area contributed by atoms with Crippen molar-refractivity contribution in [3.05, 3.63) is 23.7 Å². The van der Waals surface area contributed by atoms with E-state index in [9.17, 15) is 9.59 Å². The number of nitrogens with two attached hydrogens (primary N) is 1. The van der Waals surface area contributed by atoms with Crippen LogP contribution >= 0.6 is 0 Å². The number of aromatic nitrogens is 2. The number of nitrogens with zero attached hydrogens (tertiary/aromatic N) is 3. The van der Waals surface area contributed by atoms with Crippen molar-refractivity contribution in [3.63, 3.8) is 0 Å². The normalized spacial score (nSPS) is 21.6. The fraction of sp³-hybridized carbons (Fsp3) is 0.385. The number of imide groups is 1. The molecule has 0 aliphatic carbocycles. The number of hydrogen-bond acceptors (Lipinski definition) is 6. The molecule has 0 aromatic carbocycles. The first kappa shape index (κ1) is 13.5. The van der Waals surface area contributed by atoms with Crippen molar-refractivity contribution in [2.24, 2.45) is 5.73 Å². The van der Waals surface area contributed by atoms with Gasteiger partial charge in [-0.15, -0.1) is 0 Å². The van der Waals surface area contributed by atoms with Gasteiger partial charge in [0.05, 0.1) is 5.69 Å². The van der Waals surface area contributed by atoms with Crippen LogP contribution in [0.15, 0.2) is 18.0 Å². The first-order valence-corrected chi connectivity index (χ1v) is 6.79. The van der Waals surface area contributed by atoms with Crippen molar-refractivity contribution in [1.29, 1.82) is 0 Å². The first-order chi connectivity index (χ1) is 10.1. The van der Waals surface area contributed by atoms with Gasteiger partial charge in [-0.2, -0.15) is 0 Å². The second-order valence-electron chi connectivity index (χ2n) is 5.07. The highest BCUT2D eigenvalue weighted by Crippen LogP contribution is 2.16. The third-order valence-corrected chi connectivity index (χ3v) is 3.50. The van der Waals surface area contributed by atoms with Crippen LogP contribution in [0.3, 0.4) is 0 Å². The Hall–Kier alpha value is -2.48. The molecule has 0 bridgehead atoms. The number of urea groups is 1. The summed E-state index contributed by atoms with van der Waals surface area (Å²) in [5.41, 5.74) is 6.64. The second-order valence-corrected chi connectivity index (χ2v) is 5.07. The molecule has 1 aromatic rings. The van der Waals surface area contributed by atoms with Gasteiger partial charge in [0.2, 0.25) is 5.95 Å². The van der Waals surface area contributed by atoms with E-state index >= 15 is 0 Å². The van der Waals surface area contributed by atoms with Crippen LogP contribution in [0.2, 0.25) is 0 Å². The van der Waals surface area contributed by atoms with Crippen LogP contribution in [0.25, 0.3) is 6.08 Å². The van der Waals surface area contributed by atoms with Crippen molar-refractivity contribution in [2.45, 2.75) is 18.9 Å². The Balaban J connectivity index is 1.79. The number of nitrogens with one attached hydrogen (secondary N) is 2. The first-order valence-electron chi connectivity index (χ1n) is 6.79. The Morgan fingerprint density at radius 3 is 2.71 bits per heavy atom. The predicted octanol–water partition coefficient (Wildman–Crippen LogP) is -0.416. The minimum Gasteiger partial charge on any atom is -0.341 e. The van der Waals surface area contributed by atoms with Gasteiger partial charge in [-0.3, -0.25) is 10.1 Å². The Morgan fingerprint density at radius 1 is 1.29 bits per heavy atom. The summed E-state index contributed by atoms with van der Waals surface area (Å²) in [4.78, 5) is 33.3. The highest BCUT2D eigenvalue weighted by atomic mass is 16.2. The SMILES string of the molecule is NC1CCN(c2nccc(/C=C3\NC(=O)NC3=O)n2)CC1. The van der Waals surface area contributed by atoms with E-state index in [0.717, 1.165) is 25.9 Å². The Bertz CT molecular complexity index is 606. The number of piperidine rings is 1. The van der Waals surface area contributed by atoms with E-state index in [-0.39, 0.29) is 11.7 Å². The quantitative estimate of drug-likeness (QED) is 0.503. The van der Waals surface area contributed by atoms with E-state index in [2.05, 4.69) is 25.5 Å². The minimum absolute atomic E-state index is 0.185. The molecule has 4 N–H and O–H groups in total. The van der Waals surface area contributed by atoms with Crippen molar-refractivity contribution in [1.82, 2.24) is 20.6 Å². The molecule has 3 heterocycles. The molecule has 1 aromatic heterocycles. The fourth-order valence-corrected chi connectivity index (χ4v) is 2.32. The smallest absolute Gasteiger partial charge is 0.326 e. The zero-order chi connectivity index (χ0) is 14.8. The number of anilines is 1. The molecule has 0 atom stereocenters. The molecule has 2 fully saturated rings. The highest BCUT2D eigenvalue weighted by molar-refractivity contribution is 6.13. The van der Waals surface area contributed by atoms with Gasteiger partial charge in [0.1, 0.15) is 5.70 Å². The molecule has 8 heteroatoms. The van der Waals surface area contributed by atoms with E-state index in [1.807, 2.05) is 0 Å². The summed E-state index contributed by atoms with van der Waals surface area (Å²) in [6.07, 6.45) is 4.99. The molecule has 110 valence electrons. The maximum absolute atomic E-state index is 11.5. The number of carbonyl (C=O) groups excluding carboxylic acids is 2. The molecule has 2 aliphatic rings. The molecule has 2 aliphatic heterocycles. The standard InChI is InChI=1S/C13H16N6O2/c14-8-2-5-19(6-3-8)12-15-4-1-9(16-12)7-10-11(20)18-13(21)17-10/h1,4,7-8H,2-3,5-6,14H2,(H2,17,18,20,21)/b10-7-. The van der Waals surface area contributed by atoms with E-state index in [4.69, 9.17) is 5.73 Å². The van der Waals surface area contributed by atoms with Gasteiger partial charge in [0.25, 0.3) is 5.91 Å². The van der Waals surface area contributed by atoms with E-state index < -0.39 is 11.9 Å². The Labute approximate surface area is 121 Å². The van der Waals surface area contributed by atoms with Gasteiger partial charge < -0.3 is 16.0 Å². The molecule has 21 heavy (non-hydrogen) atoms. The number of rotatable bonds is 2. The topological polar surface area (TPSA) is 113 Å². The number of carbonyl (C=O) groups is 2. The molecular formula is C13H16N6O2. The lowest BCUT2D eigenvalue weighted by Gasteiger charge is -2.30. The molecule has 3 rings (SSSR count). The molecule has 0 unspecified atom stereocenters. The van der Waals surface area contributed by atoms with Crippen LogP contribution in [0, 0.1) is 0 Å². The van der Waals surface area contributed by atoms with Crippen LogP contribution in [-0.4, -0.2) is 41.0 Å². The summed E-state index contributed by atoms with van der Waals surface area (Å²) in [5.74, 6) is 0.157. The number of hydrogen-bond donors (Lipinski definition) is 3. The highest BCUT2D eigenvalue weighted by Gasteiger charge is 2.23. The second kappa shape index (κ2) is 5.49. The van der Waals surface area contributed by atoms with Crippen molar-refractivity contribution in [3.8, 4) is 0 Å². The summed E-state index contributed by atoms with van der Waals surface area (Å²) in [7, 11) is 0. The van der Waals surface area contributed by atoms with Crippen molar-refractivity contribution >= 4 is 24.0 Å². The van der Waals surface area contributed by atoms with Crippen LogP contribution in [0.1, 0.15) is 18.5 Å². The monoisotopic (exact) mass is 288 g/mol. The van der Waals surface area contributed by atoms with Crippen molar-refractivity contribution in [2.75, 3.05) is 18.0 Å². The lowest BCUT2D eigenvalue weighted by Crippen LogP contribution is -2.40. The van der Waals surface area contributed by atoms with Crippen LogP contribution in [0.5, 0.6) is 0 Å². The van der Waals surface area contributed by atoms with E-state index in [1.165, 1.54) is 6.08 Å². The van der Waals surface area contributed by atoms with Crippen LogP contribution in [-0.2, 0) is 4.79 Å². The minimum atomic E-state index is -0.523. The van der Waals surface area contributed by atoms with E-state index in [1.54, 1.807) is 12.3 Å². The Morgan fingerprint density at radius 2 is 2.05 bits per heavy atom. The molecule has 0 saturated carbocycles. The summed E-state index contributed by atoms with van der Waals surface area (Å²) in [6.45, 7) is 1.64. The summed E-state index contributed by atoms with van der Waals surface area (Å²) in [5, 5.41) is 4.57. The zero-order valence-electron chi connectivity index (χ0n) is 11.4. The van der Waals surface area contributed by atoms with Crippen LogP contribution < -0.4 is 21.3 Å². The van der Waals surface area contributed by atoms with Gasteiger partial charge in [-0.05, 0) is 25.0 Å². The average Bonchev–Trinajstić information content (AvgIpc) is 2.78. The third kappa shape index (κ3) is 3.00. The van der Waals surface area contributed by atoms with Gasteiger partial charge >= 0.3 is 6.03 Å². The zero-order valence-corrected chi connectivity index (χ0v) is 11.4. The van der Waals surface area contributed by atoms with Gasteiger partial charge in [0.15, 0.2) is 0 Å².